The third-order valence-corrected chi connectivity index (χ3v) is 9.05. The van der Waals surface area contributed by atoms with Gasteiger partial charge in [-0.05, 0) is 18.9 Å². The molecule has 0 radical (unpaired) electrons. The van der Waals surface area contributed by atoms with Crippen LogP contribution in [0.2, 0.25) is 0 Å². The van der Waals surface area contributed by atoms with Crippen molar-refractivity contribution in [2.75, 3.05) is 17.8 Å². The first-order valence-corrected chi connectivity index (χ1v) is 13.9. The van der Waals surface area contributed by atoms with Crippen LogP contribution >= 0.6 is 15.2 Å². The van der Waals surface area contributed by atoms with Crippen LogP contribution in [0.15, 0.2) is 18.6 Å². The molecule has 2 aliphatic rings. The van der Waals surface area contributed by atoms with Gasteiger partial charge in [0.15, 0.2) is 11.7 Å². The summed E-state index contributed by atoms with van der Waals surface area (Å²) >= 11 is 0. The standard InChI is InChI=1S/C18H26N4O8P2/c23-14-6-15(30-16(14)8-29-32(27,28)10-31(24,25)26)11-5-13-17(19-7-11)18(21-9-20-13)22-12-3-1-2-4-12/h5,7,9,12,14-16,23H,1-4,6,8,10H2,(H,27,28)(H,20,21,22)(H2,24,25,26)/t14-,15+,16+/m0/s1. The van der Waals surface area contributed by atoms with E-state index in [1.807, 2.05) is 0 Å². The number of hydrogen-bond donors (Lipinski definition) is 5. The monoisotopic (exact) mass is 488 g/mol. The van der Waals surface area contributed by atoms with Gasteiger partial charge in [0.2, 0.25) is 0 Å². The molecule has 12 nitrogen and oxygen atoms in total. The van der Waals surface area contributed by atoms with Gasteiger partial charge in [0.25, 0.3) is 0 Å². The molecule has 1 aliphatic carbocycles. The Labute approximate surface area is 184 Å². The van der Waals surface area contributed by atoms with Crippen molar-refractivity contribution in [2.45, 2.75) is 56.5 Å². The van der Waals surface area contributed by atoms with Crippen molar-refractivity contribution in [3.05, 3.63) is 24.2 Å². The fourth-order valence-corrected chi connectivity index (χ4v) is 6.63. The van der Waals surface area contributed by atoms with Crippen molar-refractivity contribution in [3.63, 3.8) is 0 Å². The smallest absolute Gasteiger partial charge is 0.340 e. The summed E-state index contributed by atoms with van der Waals surface area (Å²) in [5, 5.41) is 13.7. The minimum absolute atomic E-state index is 0.202. The number of hydrogen-bond acceptors (Lipinski definition) is 9. The molecule has 0 aromatic carbocycles. The molecule has 1 saturated carbocycles. The average Bonchev–Trinajstić information content (AvgIpc) is 3.34. The molecule has 2 aromatic rings. The maximum Gasteiger partial charge on any atom is 0.340 e. The van der Waals surface area contributed by atoms with Gasteiger partial charge in [0.05, 0.1) is 24.3 Å². The van der Waals surface area contributed by atoms with E-state index in [0.717, 1.165) is 12.8 Å². The van der Waals surface area contributed by atoms with E-state index < -0.39 is 46.0 Å². The summed E-state index contributed by atoms with van der Waals surface area (Å²) in [6, 6.07) is 2.17. The van der Waals surface area contributed by atoms with Gasteiger partial charge in [0.1, 0.15) is 17.9 Å². The van der Waals surface area contributed by atoms with Crippen LogP contribution in [-0.2, 0) is 18.4 Å². The Hall–Kier alpha value is -1.49. The highest BCUT2D eigenvalue weighted by Crippen LogP contribution is 2.55. The molecule has 14 heteroatoms. The van der Waals surface area contributed by atoms with E-state index in [1.54, 1.807) is 12.3 Å². The van der Waals surface area contributed by atoms with Gasteiger partial charge in [-0.15, -0.1) is 0 Å². The number of anilines is 1. The molecule has 0 spiro atoms. The molecule has 32 heavy (non-hydrogen) atoms. The lowest BCUT2D eigenvalue weighted by Crippen LogP contribution is -2.26. The Bertz CT molecular complexity index is 1060. The molecular formula is C18H26N4O8P2. The molecule has 176 valence electrons. The highest BCUT2D eigenvalue weighted by atomic mass is 31.2. The van der Waals surface area contributed by atoms with Crippen molar-refractivity contribution >= 4 is 32.0 Å². The Morgan fingerprint density at radius 1 is 1.16 bits per heavy atom. The van der Waals surface area contributed by atoms with E-state index >= 15 is 0 Å². The third kappa shape index (κ3) is 5.89. The number of nitrogens with one attached hydrogen (secondary N) is 1. The van der Waals surface area contributed by atoms with Gasteiger partial charge in [0, 0.05) is 24.2 Å². The Morgan fingerprint density at radius 3 is 2.62 bits per heavy atom. The van der Waals surface area contributed by atoms with E-state index in [4.69, 9.17) is 19.0 Å². The van der Waals surface area contributed by atoms with E-state index in [-0.39, 0.29) is 6.42 Å². The molecule has 0 bridgehead atoms. The van der Waals surface area contributed by atoms with Crippen LogP contribution in [0.5, 0.6) is 0 Å². The Morgan fingerprint density at radius 2 is 1.91 bits per heavy atom. The van der Waals surface area contributed by atoms with Gasteiger partial charge in [-0.25, -0.2) is 9.97 Å². The van der Waals surface area contributed by atoms with E-state index in [9.17, 15) is 19.1 Å². The molecule has 4 atom stereocenters. The SMILES string of the molecule is O=P(O)(O)CP(=O)(O)OC[C@H]1O[C@@H](c2cnc3c(NC4CCCC4)ncnc3c2)C[C@@H]1O. The van der Waals surface area contributed by atoms with Crippen molar-refractivity contribution < 1.29 is 38.2 Å². The van der Waals surface area contributed by atoms with E-state index in [1.165, 1.54) is 19.2 Å². The molecule has 3 heterocycles. The van der Waals surface area contributed by atoms with Crippen LogP contribution in [0.3, 0.4) is 0 Å². The van der Waals surface area contributed by atoms with Crippen LogP contribution in [-0.4, -0.2) is 65.5 Å². The lowest BCUT2D eigenvalue weighted by molar-refractivity contribution is -0.0183. The molecule has 1 unspecified atom stereocenters. The van der Waals surface area contributed by atoms with Crippen LogP contribution in [0, 0.1) is 0 Å². The zero-order chi connectivity index (χ0) is 22.9. The third-order valence-electron chi connectivity index (χ3n) is 5.59. The second-order valence-electron chi connectivity index (χ2n) is 8.19. The highest BCUT2D eigenvalue weighted by molar-refractivity contribution is 7.70. The largest absolute Gasteiger partial charge is 0.390 e. The number of rotatable bonds is 8. The normalized spacial score (nSPS) is 26.4. The summed E-state index contributed by atoms with van der Waals surface area (Å²) in [7, 11) is -9.25. The van der Waals surface area contributed by atoms with Gasteiger partial charge in [-0.1, -0.05) is 12.8 Å². The molecule has 5 N–H and O–H groups in total. The average molecular weight is 488 g/mol. The van der Waals surface area contributed by atoms with Crippen LogP contribution < -0.4 is 5.32 Å². The summed E-state index contributed by atoms with van der Waals surface area (Å²) in [5.74, 6) is -0.617. The molecule has 1 aliphatic heterocycles. The first-order chi connectivity index (χ1) is 15.1. The molecule has 2 fully saturated rings. The highest BCUT2D eigenvalue weighted by Gasteiger charge is 2.38. The van der Waals surface area contributed by atoms with Crippen molar-refractivity contribution in [1.29, 1.82) is 0 Å². The molecular weight excluding hydrogens is 462 g/mol. The summed E-state index contributed by atoms with van der Waals surface area (Å²) in [6.45, 7) is -0.482. The number of aromatic nitrogens is 3. The maximum atomic E-state index is 11.8. The number of fused-ring (bicyclic) bond motifs is 1. The first-order valence-electron chi connectivity index (χ1n) is 10.3. The minimum atomic E-state index is -4.73. The molecule has 2 aromatic heterocycles. The second-order valence-corrected chi connectivity index (χ2v) is 12.2. The molecule has 4 rings (SSSR count). The number of nitrogens with zero attached hydrogens (tertiary/aromatic N) is 3. The lowest BCUT2D eigenvalue weighted by Gasteiger charge is -2.18. The summed E-state index contributed by atoms with van der Waals surface area (Å²) in [4.78, 5) is 40.4. The van der Waals surface area contributed by atoms with E-state index in [0.29, 0.717) is 28.5 Å². The minimum Gasteiger partial charge on any atom is -0.390 e. The number of aliphatic hydroxyl groups is 1. The molecule has 0 amide bonds. The molecule has 1 saturated heterocycles. The quantitative estimate of drug-likeness (QED) is 0.341. The fraction of sp³-hybridized carbons (Fsp3) is 0.611. The topological polar surface area (TPSA) is 184 Å². The maximum absolute atomic E-state index is 11.8. The predicted molar refractivity (Wildman–Crippen MR) is 114 cm³/mol. The van der Waals surface area contributed by atoms with Gasteiger partial charge in [-0.2, -0.15) is 0 Å². The Kier molecular flexibility index (Phi) is 6.95. The second kappa shape index (κ2) is 9.40. The predicted octanol–water partition coefficient (Wildman–Crippen LogP) is 1.91. The number of ether oxygens (including phenoxy) is 1. The van der Waals surface area contributed by atoms with Crippen LogP contribution in [0.1, 0.15) is 43.8 Å². The lowest BCUT2D eigenvalue weighted by atomic mass is 10.1. The first kappa shape index (κ1) is 23.7. The summed E-state index contributed by atoms with van der Waals surface area (Å²) in [5.41, 5.74) is 1.93. The van der Waals surface area contributed by atoms with Gasteiger partial charge >= 0.3 is 15.2 Å². The van der Waals surface area contributed by atoms with Gasteiger partial charge in [-0.3, -0.25) is 14.1 Å². The van der Waals surface area contributed by atoms with E-state index in [2.05, 4.69) is 20.3 Å². The Balaban J connectivity index is 1.43. The van der Waals surface area contributed by atoms with Crippen molar-refractivity contribution in [1.82, 2.24) is 15.0 Å². The fourth-order valence-electron chi connectivity index (χ4n) is 4.06. The zero-order valence-electron chi connectivity index (χ0n) is 17.1. The van der Waals surface area contributed by atoms with Crippen molar-refractivity contribution in [3.8, 4) is 0 Å². The van der Waals surface area contributed by atoms with Gasteiger partial charge < -0.3 is 34.4 Å². The van der Waals surface area contributed by atoms with Crippen LogP contribution in [0.25, 0.3) is 11.0 Å². The van der Waals surface area contributed by atoms with Crippen molar-refractivity contribution in [2.24, 2.45) is 0 Å². The summed E-state index contributed by atoms with van der Waals surface area (Å²) in [6.07, 6.45) is 5.39. The zero-order valence-corrected chi connectivity index (χ0v) is 18.9. The summed E-state index contributed by atoms with van der Waals surface area (Å²) < 4.78 is 33.3. The number of aliphatic hydroxyl groups excluding tert-OH is 1. The number of pyridine rings is 1. The van der Waals surface area contributed by atoms with Crippen LogP contribution in [0.4, 0.5) is 5.82 Å².